The molecule has 2 amide bonds. The number of hydrogen-bond donors (Lipinski definition) is 1. The minimum absolute atomic E-state index is 0.0354. The molecule has 0 aromatic heterocycles. The Bertz CT molecular complexity index is 1170. The third-order valence-corrected chi connectivity index (χ3v) is 11.0. The normalized spacial score (nSPS) is 19.3. The molecule has 0 aliphatic carbocycles. The SMILES string of the molecule is CC[C@H](C)[C@@H]([C@@H](CC(=O)N1CCC[C@H]1[C@H](OC)[C@@H](C)C(=O)CCCc1ccccc1)OC)N(C)C(=O)[C@@H](CC(=O)[C@@H](NC)C(C)C)C(C)C. The number of Topliss-reactive ketones (excluding diaryl/α,β-unsaturated/α-hetero) is 2. The van der Waals surface area contributed by atoms with Gasteiger partial charge in [0.25, 0.3) is 0 Å². The Hall–Kier alpha value is -2.62. The minimum Gasteiger partial charge on any atom is -0.379 e. The van der Waals surface area contributed by atoms with Gasteiger partial charge in [0.2, 0.25) is 11.8 Å². The molecule has 1 heterocycles. The van der Waals surface area contributed by atoms with E-state index in [1.165, 1.54) is 5.56 Å². The van der Waals surface area contributed by atoms with Crippen molar-refractivity contribution in [3.8, 4) is 0 Å². The third kappa shape index (κ3) is 11.7. The summed E-state index contributed by atoms with van der Waals surface area (Å²) in [6.07, 6.45) is 3.81. The molecule has 1 aliphatic heterocycles. The molecule has 0 saturated carbocycles. The molecule has 0 radical (unpaired) electrons. The molecular formula is C40H67N3O6. The highest BCUT2D eigenvalue weighted by molar-refractivity contribution is 5.90. The maximum Gasteiger partial charge on any atom is 0.226 e. The summed E-state index contributed by atoms with van der Waals surface area (Å²) in [5.41, 5.74) is 1.22. The van der Waals surface area contributed by atoms with E-state index < -0.39 is 18.1 Å². The molecule has 8 atom stereocenters. The summed E-state index contributed by atoms with van der Waals surface area (Å²) in [5.74, 6) is -0.670. The molecule has 1 N–H and O–H groups in total. The van der Waals surface area contributed by atoms with E-state index in [1.807, 2.05) is 57.7 Å². The monoisotopic (exact) mass is 686 g/mol. The van der Waals surface area contributed by atoms with Crippen molar-refractivity contribution >= 4 is 23.4 Å². The lowest BCUT2D eigenvalue weighted by atomic mass is 9.84. The highest BCUT2D eigenvalue weighted by Gasteiger charge is 2.42. The molecule has 1 aromatic carbocycles. The van der Waals surface area contributed by atoms with Crippen LogP contribution in [0.4, 0.5) is 0 Å². The average Bonchev–Trinajstić information content (AvgIpc) is 3.56. The molecule has 9 heteroatoms. The zero-order valence-electron chi connectivity index (χ0n) is 32.4. The van der Waals surface area contributed by atoms with E-state index in [1.54, 1.807) is 33.2 Å². The molecule has 1 fully saturated rings. The van der Waals surface area contributed by atoms with Gasteiger partial charge in [0.05, 0.1) is 36.8 Å². The smallest absolute Gasteiger partial charge is 0.226 e. The predicted molar refractivity (Wildman–Crippen MR) is 196 cm³/mol. The number of likely N-dealkylation sites (tertiary alicyclic amines) is 1. The van der Waals surface area contributed by atoms with Gasteiger partial charge in [0, 0.05) is 52.5 Å². The molecule has 9 nitrogen and oxygen atoms in total. The fourth-order valence-corrected chi connectivity index (χ4v) is 7.76. The lowest BCUT2D eigenvalue weighted by Gasteiger charge is -2.41. The molecule has 0 unspecified atom stereocenters. The number of nitrogens with one attached hydrogen (secondary N) is 1. The number of carbonyl (C=O) groups excluding carboxylic acids is 4. The van der Waals surface area contributed by atoms with Crippen LogP contribution in [-0.4, -0.2) is 98.4 Å². The Labute approximate surface area is 297 Å². The van der Waals surface area contributed by atoms with Crippen LogP contribution < -0.4 is 5.32 Å². The van der Waals surface area contributed by atoms with E-state index in [4.69, 9.17) is 9.47 Å². The number of carbonyl (C=O) groups is 4. The fraction of sp³-hybridized carbons (Fsp3) is 0.750. The van der Waals surface area contributed by atoms with Crippen molar-refractivity contribution in [2.24, 2.45) is 29.6 Å². The highest BCUT2D eigenvalue weighted by atomic mass is 16.5. The number of hydrogen-bond acceptors (Lipinski definition) is 7. The number of likely N-dealkylation sites (N-methyl/N-ethyl adjacent to an activating group) is 2. The van der Waals surface area contributed by atoms with Gasteiger partial charge in [-0.2, -0.15) is 0 Å². The molecular weight excluding hydrogens is 618 g/mol. The van der Waals surface area contributed by atoms with E-state index >= 15 is 0 Å². The summed E-state index contributed by atoms with van der Waals surface area (Å²) < 4.78 is 12.0. The van der Waals surface area contributed by atoms with Crippen LogP contribution in [0.15, 0.2) is 30.3 Å². The van der Waals surface area contributed by atoms with Gasteiger partial charge in [0.15, 0.2) is 5.78 Å². The summed E-state index contributed by atoms with van der Waals surface area (Å²) >= 11 is 0. The Morgan fingerprint density at radius 3 is 2.12 bits per heavy atom. The molecule has 1 aromatic rings. The molecule has 1 saturated heterocycles. The summed E-state index contributed by atoms with van der Waals surface area (Å²) in [4.78, 5) is 58.4. The molecule has 278 valence electrons. The van der Waals surface area contributed by atoms with Gasteiger partial charge in [-0.3, -0.25) is 19.2 Å². The Balaban J connectivity index is 2.20. The number of rotatable bonds is 22. The Kier molecular flexibility index (Phi) is 18.2. The van der Waals surface area contributed by atoms with Gasteiger partial charge in [-0.05, 0) is 56.0 Å². The van der Waals surface area contributed by atoms with E-state index in [0.717, 1.165) is 32.1 Å². The average molecular weight is 686 g/mol. The quantitative estimate of drug-likeness (QED) is 0.160. The minimum atomic E-state index is -0.542. The van der Waals surface area contributed by atoms with Crippen molar-refractivity contribution in [1.82, 2.24) is 15.1 Å². The second-order valence-electron chi connectivity index (χ2n) is 14.9. The zero-order chi connectivity index (χ0) is 36.8. The van der Waals surface area contributed by atoms with E-state index in [2.05, 4.69) is 31.3 Å². The molecule has 0 spiro atoms. The topological polar surface area (TPSA) is 105 Å². The standard InChI is InChI=1S/C40H67N3O6/c1-12-28(6)38(42(9)40(47)31(26(2)3)24-34(45)37(41-8)27(4)5)35(48-10)25-36(46)43-23-17-21-32(43)39(49-11)29(7)33(44)22-16-20-30-18-14-13-15-19-30/h13-15,18-19,26-29,31-32,35,37-39,41H,12,16-17,20-25H2,1-11H3/t28-,29-,31-,32-,35+,37-,38-,39+/m0/s1. The van der Waals surface area contributed by atoms with Crippen LogP contribution >= 0.6 is 0 Å². The lowest BCUT2D eigenvalue weighted by Crippen LogP contribution is -2.54. The maximum absolute atomic E-state index is 14.2. The van der Waals surface area contributed by atoms with Crippen molar-refractivity contribution < 1.29 is 28.7 Å². The number of methoxy groups -OCH3 is 2. The first-order valence-electron chi connectivity index (χ1n) is 18.6. The Morgan fingerprint density at radius 2 is 1.59 bits per heavy atom. The van der Waals surface area contributed by atoms with E-state index in [0.29, 0.717) is 13.0 Å². The van der Waals surface area contributed by atoms with Crippen LogP contribution in [0.1, 0.15) is 99.0 Å². The van der Waals surface area contributed by atoms with Gasteiger partial charge >= 0.3 is 0 Å². The summed E-state index contributed by atoms with van der Waals surface area (Å²) in [6, 6.07) is 9.30. The van der Waals surface area contributed by atoms with Gasteiger partial charge in [-0.1, -0.05) is 85.2 Å². The summed E-state index contributed by atoms with van der Waals surface area (Å²) in [6.45, 7) is 14.7. The van der Waals surface area contributed by atoms with Crippen LogP contribution in [0, 0.1) is 29.6 Å². The van der Waals surface area contributed by atoms with Crippen molar-refractivity contribution in [2.75, 3.05) is 34.9 Å². The fourth-order valence-electron chi connectivity index (χ4n) is 7.76. The lowest BCUT2D eigenvalue weighted by molar-refractivity contribution is -0.149. The molecule has 0 bridgehead atoms. The predicted octanol–water partition coefficient (Wildman–Crippen LogP) is 5.97. The summed E-state index contributed by atoms with van der Waals surface area (Å²) in [7, 11) is 6.81. The first-order valence-corrected chi connectivity index (χ1v) is 18.6. The van der Waals surface area contributed by atoms with Gasteiger partial charge in [-0.25, -0.2) is 0 Å². The van der Waals surface area contributed by atoms with Gasteiger partial charge < -0.3 is 24.6 Å². The first kappa shape index (κ1) is 42.5. The molecule has 2 rings (SSSR count). The van der Waals surface area contributed by atoms with Crippen LogP contribution in [0.25, 0.3) is 0 Å². The third-order valence-electron chi connectivity index (χ3n) is 11.0. The second-order valence-corrected chi connectivity index (χ2v) is 14.9. The number of aryl methyl sites for hydroxylation is 1. The number of nitrogens with zero attached hydrogens (tertiary/aromatic N) is 2. The maximum atomic E-state index is 14.2. The van der Waals surface area contributed by atoms with Gasteiger partial charge in [-0.15, -0.1) is 0 Å². The summed E-state index contributed by atoms with van der Waals surface area (Å²) in [5, 5.41) is 3.12. The number of amides is 2. The Morgan fingerprint density at radius 1 is 0.939 bits per heavy atom. The molecule has 49 heavy (non-hydrogen) atoms. The zero-order valence-corrected chi connectivity index (χ0v) is 32.4. The van der Waals surface area contributed by atoms with Crippen LogP contribution in [0.5, 0.6) is 0 Å². The van der Waals surface area contributed by atoms with Crippen LogP contribution in [0.3, 0.4) is 0 Å². The van der Waals surface area contributed by atoms with Crippen LogP contribution in [-0.2, 0) is 35.1 Å². The number of benzene rings is 1. The number of ether oxygens (including phenoxy) is 2. The van der Waals surface area contributed by atoms with E-state index in [-0.39, 0.29) is 78.0 Å². The highest BCUT2D eigenvalue weighted by Crippen LogP contribution is 2.31. The van der Waals surface area contributed by atoms with E-state index in [9.17, 15) is 19.2 Å². The first-order chi connectivity index (χ1) is 23.2. The second kappa shape index (κ2) is 20.9. The van der Waals surface area contributed by atoms with Crippen molar-refractivity contribution in [1.29, 1.82) is 0 Å². The van der Waals surface area contributed by atoms with Crippen molar-refractivity contribution in [2.45, 2.75) is 130 Å². The van der Waals surface area contributed by atoms with Crippen LogP contribution in [0.2, 0.25) is 0 Å². The molecule has 1 aliphatic rings. The number of ketones is 2. The van der Waals surface area contributed by atoms with Gasteiger partial charge in [0.1, 0.15) is 5.78 Å². The largest absolute Gasteiger partial charge is 0.379 e. The van der Waals surface area contributed by atoms with Crippen molar-refractivity contribution in [3.63, 3.8) is 0 Å². The van der Waals surface area contributed by atoms with Crippen molar-refractivity contribution in [3.05, 3.63) is 35.9 Å².